The van der Waals surface area contributed by atoms with E-state index in [1.165, 1.54) is 4.90 Å². The smallest absolute Gasteiger partial charge is 0.244 e. The van der Waals surface area contributed by atoms with Crippen molar-refractivity contribution in [1.29, 1.82) is 0 Å². The topological polar surface area (TPSA) is 66.6 Å². The van der Waals surface area contributed by atoms with E-state index in [2.05, 4.69) is 0 Å². The molecule has 1 fully saturated rings. The number of nitrogens with two attached hydrogens (primary N) is 1. The Balaban J connectivity index is 2.73. The molecule has 5 heteroatoms. The van der Waals surface area contributed by atoms with Crippen molar-refractivity contribution in [2.24, 2.45) is 5.73 Å². The van der Waals surface area contributed by atoms with Gasteiger partial charge in [-0.05, 0) is 19.8 Å². The number of hydrogen-bond donors (Lipinski definition) is 1. The third-order valence-electron chi connectivity index (χ3n) is 2.65. The highest BCUT2D eigenvalue weighted by Crippen LogP contribution is 2.19. The second kappa shape index (κ2) is 4.61. The van der Waals surface area contributed by atoms with Crippen LogP contribution in [0.4, 0.5) is 0 Å². The molecule has 1 heterocycles. The molecule has 1 rings (SSSR count). The molecular weight excluding hydrogens is 194 g/mol. The van der Waals surface area contributed by atoms with E-state index >= 15 is 0 Å². The summed E-state index contributed by atoms with van der Waals surface area (Å²) in [6.45, 7) is 2.29. The number of hydrogen-bond acceptors (Lipinski definition) is 3. The summed E-state index contributed by atoms with van der Waals surface area (Å²) in [5.41, 5.74) is 5.54. The number of carbonyl (C=O) groups is 2. The summed E-state index contributed by atoms with van der Waals surface area (Å²) >= 11 is 0. The molecule has 0 bridgehead atoms. The summed E-state index contributed by atoms with van der Waals surface area (Å²) in [6.07, 6.45) is 1.62. The average molecular weight is 213 g/mol. The second-order valence-corrected chi connectivity index (χ2v) is 4.21. The Morgan fingerprint density at radius 2 is 2.07 bits per heavy atom. The van der Waals surface area contributed by atoms with E-state index in [1.54, 1.807) is 25.9 Å². The van der Waals surface area contributed by atoms with E-state index in [-0.39, 0.29) is 17.9 Å². The lowest BCUT2D eigenvalue weighted by Gasteiger charge is -2.27. The normalized spacial score (nSPS) is 22.7. The third-order valence-corrected chi connectivity index (χ3v) is 2.65. The lowest BCUT2D eigenvalue weighted by molar-refractivity contribution is -0.142. The molecule has 86 valence electrons. The zero-order valence-corrected chi connectivity index (χ0v) is 9.56. The van der Waals surface area contributed by atoms with Gasteiger partial charge in [0.05, 0.1) is 6.04 Å². The summed E-state index contributed by atoms with van der Waals surface area (Å²) in [5.74, 6) is -0.144. The number of nitrogens with zero attached hydrogens (tertiary/aromatic N) is 2. The maximum Gasteiger partial charge on any atom is 0.244 e. The van der Waals surface area contributed by atoms with Gasteiger partial charge in [0.1, 0.15) is 6.04 Å². The molecule has 0 spiro atoms. The van der Waals surface area contributed by atoms with Crippen LogP contribution in [0.2, 0.25) is 0 Å². The van der Waals surface area contributed by atoms with E-state index in [0.717, 1.165) is 12.8 Å². The summed E-state index contributed by atoms with van der Waals surface area (Å²) in [7, 11) is 3.41. The summed E-state index contributed by atoms with van der Waals surface area (Å²) in [5, 5.41) is 0. The number of carbonyl (C=O) groups excluding carboxylic acids is 2. The van der Waals surface area contributed by atoms with Gasteiger partial charge in [-0.3, -0.25) is 9.59 Å². The maximum atomic E-state index is 11.8. The molecule has 0 aromatic carbocycles. The monoisotopic (exact) mass is 213 g/mol. The first-order valence-corrected chi connectivity index (χ1v) is 5.22. The Morgan fingerprint density at radius 3 is 2.53 bits per heavy atom. The van der Waals surface area contributed by atoms with Crippen molar-refractivity contribution in [3.05, 3.63) is 0 Å². The molecule has 5 nitrogen and oxygen atoms in total. The van der Waals surface area contributed by atoms with Crippen LogP contribution >= 0.6 is 0 Å². The molecule has 0 saturated carbocycles. The van der Waals surface area contributed by atoms with Crippen LogP contribution in [0, 0.1) is 0 Å². The van der Waals surface area contributed by atoms with Crippen molar-refractivity contribution < 1.29 is 9.59 Å². The standard InChI is InChI=1S/C10H19N3O2/c1-7(11)9(14)13-6-4-5-8(13)10(15)12(2)3/h7-8H,4-6,11H2,1-3H3/t7-,8?/m1/s1. The van der Waals surface area contributed by atoms with Gasteiger partial charge >= 0.3 is 0 Å². The molecular formula is C10H19N3O2. The van der Waals surface area contributed by atoms with E-state index in [9.17, 15) is 9.59 Å². The van der Waals surface area contributed by atoms with Crippen LogP contribution < -0.4 is 5.73 Å². The van der Waals surface area contributed by atoms with Gasteiger partial charge in [-0.15, -0.1) is 0 Å². The quantitative estimate of drug-likeness (QED) is 0.667. The van der Waals surface area contributed by atoms with E-state index in [0.29, 0.717) is 6.54 Å². The second-order valence-electron chi connectivity index (χ2n) is 4.21. The first kappa shape index (κ1) is 12.0. The molecule has 1 aliphatic rings. The minimum Gasteiger partial charge on any atom is -0.347 e. The van der Waals surface area contributed by atoms with Gasteiger partial charge in [-0.2, -0.15) is 0 Å². The van der Waals surface area contributed by atoms with Crippen LogP contribution in [0.25, 0.3) is 0 Å². The van der Waals surface area contributed by atoms with Crippen molar-refractivity contribution >= 4 is 11.8 Å². The largest absolute Gasteiger partial charge is 0.347 e. The first-order valence-electron chi connectivity index (χ1n) is 5.22. The molecule has 0 radical (unpaired) electrons. The summed E-state index contributed by atoms with van der Waals surface area (Å²) < 4.78 is 0. The van der Waals surface area contributed by atoms with Gasteiger partial charge in [-0.1, -0.05) is 0 Å². The van der Waals surface area contributed by atoms with E-state index in [4.69, 9.17) is 5.73 Å². The van der Waals surface area contributed by atoms with Gasteiger partial charge in [-0.25, -0.2) is 0 Å². The molecule has 2 amide bonds. The minimum absolute atomic E-state index is 0.0125. The molecule has 0 aromatic rings. The van der Waals surface area contributed by atoms with E-state index < -0.39 is 6.04 Å². The number of likely N-dealkylation sites (tertiary alicyclic amines) is 1. The Hall–Kier alpha value is -1.10. The van der Waals surface area contributed by atoms with Gasteiger partial charge in [0.15, 0.2) is 0 Å². The molecule has 0 aliphatic carbocycles. The lowest BCUT2D eigenvalue weighted by Crippen LogP contribution is -2.50. The van der Waals surface area contributed by atoms with Gasteiger partial charge in [0.2, 0.25) is 11.8 Å². The van der Waals surface area contributed by atoms with Crippen molar-refractivity contribution in [1.82, 2.24) is 9.80 Å². The molecule has 0 aromatic heterocycles. The fourth-order valence-corrected chi connectivity index (χ4v) is 1.85. The minimum atomic E-state index is -0.527. The van der Waals surface area contributed by atoms with Gasteiger partial charge in [0.25, 0.3) is 0 Å². The SMILES string of the molecule is C[C@@H](N)C(=O)N1CCCC1C(=O)N(C)C. The fourth-order valence-electron chi connectivity index (χ4n) is 1.85. The van der Waals surface area contributed by atoms with Gasteiger partial charge < -0.3 is 15.5 Å². The maximum absolute atomic E-state index is 11.8. The Kier molecular flexibility index (Phi) is 3.68. The van der Waals surface area contributed by atoms with Crippen molar-refractivity contribution in [2.45, 2.75) is 31.8 Å². The van der Waals surface area contributed by atoms with Gasteiger partial charge in [0, 0.05) is 20.6 Å². The van der Waals surface area contributed by atoms with Crippen molar-refractivity contribution in [3.8, 4) is 0 Å². The zero-order chi connectivity index (χ0) is 11.6. The Morgan fingerprint density at radius 1 is 1.47 bits per heavy atom. The zero-order valence-electron chi connectivity index (χ0n) is 9.56. The van der Waals surface area contributed by atoms with Crippen molar-refractivity contribution in [3.63, 3.8) is 0 Å². The van der Waals surface area contributed by atoms with Crippen LogP contribution in [0.5, 0.6) is 0 Å². The van der Waals surface area contributed by atoms with Crippen LogP contribution in [0.1, 0.15) is 19.8 Å². The predicted molar refractivity (Wildman–Crippen MR) is 57.1 cm³/mol. The van der Waals surface area contributed by atoms with E-state index in [1.807, 2.05) is 0 Å². The number of likely N-dealkylation sites (N-methyl/N-ethyl adjacent to an activating group) is 1. The summed E-state index contributed by atoms with van der Waals surface area (Å²) in [4.78, 5) is 26.6. The molecule has 2 atom stereocenters. The summed E-state index contributed by atoms with van der Waals surface area (Å²) in [6, 6.07) is -0.834. The predicted octanol–water partition coefficient (Wildman–Crippen LogP) is -0.587. The highest BCUT2D eigenvalue weighted by atomic mass is 16.2. The molecule has 1 aliphatic heterocycles. The fraction of sp³-hybridized carbons (Fsp3) is 0.800. The molecule has 15 heavy (non-hydrogen) atoms. The lowest BCUT2D eigenvalue weighted by atomic mass is 10.2. The third kappa shape index (κ3) is 2.47. The van der Waals surface area contributed by atoms with Crippen LogP contribution in [-0.4, -0.2) is 54.3 Å². The molecule has 2 N–H and O–H groups in total. The molecule has 1 unspecified atom stereocenters. The number of rotatable bonds is 2. The Labute approximate surface area is 90.2 Å². The highest BCUT2D eigenvalue weighted by molar-refractivity contribution is 5.89. The van der Waals surface area contributed by atoms with Crippen LogP contribution in [0.15, 0.2) is 0 Å². The number of amides is 2. The van der Waals surface area contributed by atoms with Crippen LogP contribution in [-0.2, 0) is 9.59 Å². The van der Waals surface area contributed by atoms with Crippen molar-refractivity contribution in [2.75, 3.05) is 20.6 Å². The van der Waals surface area contributed by atoms with Crippen LogP contribution in [0.3, 0.4) is 0 Å². The molecule has 1 saturated heterocycles. The highest BCUT2D eigenvalue weighted by Gasteiger charge is 2.35. The first-order chi connectivity index (χ1) is 6.95. The average Bonchev–Trinajstić information content (AvgIpc) is 2.63. The Bertz CT molecular complexity index is 237.